The largest absolute Gasteiger partial charge is 0.345 e. The zero-order valence-corrected chi connectivity index (χ0v) is 12.3. The molecule has 0 bridgehead atoms. The molecule has 0 aliphatic carbocycles. The maximum Gasteiger partial charge on any atom is 0.164 e. The Kier molecular flexibility index (Phi) is 3.12. The second kappa shape index (κ2) is 5.27. The normalized spacial score (nSPS) is 11.1. The van der Waals surface area contributed by atoms with Crippen LogP contribution < -0.4 is 0 Å². The summed E-state index contributed by atoms with van der Waals surface area (Å²) in [6.45, 7) is 0.695. The van der Waals surface area contributed by atoms with E-state index in [1.54, 1.807) is 12.7 Å². The molecule has 1 N–H and O–H groups in total. The van der Waals surface area contributed by atoms with Crippen molar-refractivity contribution in [3.05, 3.63) is 65.7 Å². The van der Waals surface area contributed by atoms with E-state index in [-0.39, 0.29) is 0 Å². The molecule has 0 aliphatic rings. The summed E-state index contributed by atoms with van der Waals surface area (Å²) in [5.41, 5.74) is 4.07. The molecule has 2 aromatic carbocycles. The zero-order chi connectivity index (χ0) is 14.9. The van der Waals surface area contributed by atoms with Crippen LogP contribution in [0.5, 0.6) is 0 Å². The van der Waals surface area contributed by atoms with E-state index in [9.17, 15) is 0 Å². The monoisotopic (exact) mass is 309 g/mol. The Bertz CT molecular complexity index is 923. The van der Waals surface area contributed by atoms with E-state index >= 15 is 0 Å². The molecule has 0 aliphatic heterocycles. The smallest absolute Gasteiger partial charge is 0.164 e. The van der Waals surface area contributed by atoms with Crippen molar-refractivity contribution < 1.29 is 0 Å². The van der Waals surface area contributed by atoms with Crippen molar-refractivity contribution in [2.75, 3.05) is 0 Å². The van der Waals surface area contributed by atoms with Gasteiger partial charge in [0.05, 0.1) is 23.9 Å². The fraction of sp³-hybridized carbons (Fsp3) is 0.0625. The van der Waals surface area contributed by atoms with Gasteiger partial charge in [-0.25, -0.2) is 4.98 Å². The molecule has 2 heterocycles. The van der Waals surface area contributed by atoms with Crippen molar-refractivity contribution in [3.8, 4) is 11.4 Å². The van der Waals surface area contributed by atoms with E-state index in [0.29, 0.717) is 6.54 Å². The van der Waals surface area contributed by atoms with Crippen LogP contribution in [0.25, 0.3) is 22.4 Å². The van der Waals surface area contributed by atoms with Gasteiger partial charge in [-0.1, -0.05) is 23.7 Å². The number of nitrogens with one attached hydrogen (secondary N) is 1. The van der Waals surface area contributed by atoms with Crippen molar-refractivity contribution in [3.63, 3.8) is 0 Å². The van der Waals surface area contributed by atoms with Gasteiger partial charge in [-0.05, 0) is 35.9 Å². The molecule has 0 radical (unpaired) electrons. The number of imidazole rings is 1. The van der Waals surface area contributed by atoms with Gasteiger partial charge >= 0.3 is 0 Å². The Hall–Kier alpha value is -2.66. The van der Waals surface area contributed by atoms with E-state index < -0.39 is 0 Å². The number of aromatic nitrogens is 5. The number of hydrogen-bond acceptors (Lipinski definition) is 3. The number of aromatic amines is 1. The summed E-state index contributed by atoms with van der Waals surface area (Å²) in [6.07, 6.45) is 3.42. The number of fused-ring (bicyclic) bond motifs is 1. The van der Waals surface area contributed by atoms with Crippen molar-refractivity contribution in [2.45, 2.75) is 6.54 Å². The molecule has 108 valence electrons. The first-order valence-corrected chi connectivity index (χ1v) is 7.23. The fourth-order valence-electron chi connectivity index (χ4n) is 2.46. The average Bonchev–Trinajstić information content (AvgIpc) is 3.17. The van der Waals surface area contributed by atoms with E-state index in [1.165, 1.54) is 0 Å². The second-order valence-electron chi connectivity index (χ2n) is 5.04. The molecule has 0 spiro atoms. The number of rotatable bonds is 3. The number of benzene rings is 2. The standard InChI is InChI=1S/C16H12ClN5/c17-13-4-1-11(2-5-13)8-22-10-20-21-16(22)12-3-6-14-15(7-12)19-9-18-14/h1-7,9-10H,8H2,(H,18,19). The summed E-state index contributed by atoms with van der Waals surface area (Å²) in [4.78, 5) is 7.34. The first-order valence-electron chi connectivity index (χ1n) is 6.85. The molecule has 4 aromatic rings. The Morgan fingerprint density at radius 1 is 1.09 bits per heavy atom. The quantitative estimate of drug-likeness (QED) is 0.630. The predicted molar refractivity (Wildman–Crippen MR) is 85.7 cm³/mol. The van der Waals surface area contributed by atoms with Crippen LogP contribution in [-0.2, 0) is 6.54 Å². The minimum atomic E-state index is 0.695. The Morgan fingerprint density at radius 3 is 2.82 bits per heavy atom. The third kappa shape index (κ3) is 2.35. The summed E-state index contributed by atoms with van der Waals surface area (Å²) >= 11 is 5.92. The summed E-state index contributed by atoms with van der Waals surface area (Å²) in [6, 6.07) is 13.8. The number of nitrogens with zero attached hydrogens (tertiary/aromatic N) is 4. The van der Waals surface area contributed by atoms with Crippen molar-refractivity contribution in [1.29, 1.82) is 0 Å². The second-order valence-corrected chi connectivity index (χ2v) is 5.48. The maximum absolute atomic E-state index is 5.92. The van der Waals surface area contributed by atoms with Gasteiger partial charge in [0.1, 0.15) is 6.33 Å². The average molecular weight is 310 g/mol. The maximum atomic E-state index is 5.92. The molecule has 22 heavy (non-hydrogen) atoms. The van der Waals surface area contributed by atoms with Crippen LogP contribution in [0.2, 0.25) is 5.02 Å². The lowest BCUT2D eigenvalue weighted by Gasteiger charge is -2.07. The van der Waals surface area contributed by atoms with Gasteiger partial charge < -0.3 is 9.55 Å². The van der Waals surface area contributed by atoms with Gasteiger partial charge in [-0.15, -0.1) is 10.2 Å². The molecule has 5 nitrogen and oxygen atoms in total. The SMILES string of the molecule is Clc1ccc(Cn2cnnc2-c2ccc3nc[nH]c3c2)cc1. The highest BCUT2D eigenvalue weighted by Gasteiger charge is 2.09. The van der Waals surface area contributed by atoms with Crippen molar-refractivity contribution in [2.24, 2.45) is 0 Å². The molecule has 0 saturated carbocycles. The lowest BCUT2D eigenvalue weighted by molar-refractivity contribution is 0.803. The molecule has 0 atom stereocenters. The van der Waals surface area contributed by atoms with Crippen LogP contribution >= 0.6 is 11.6 Å². The molecule has 6 heteroatoms. The topological polar surface area (TPSA) is 59.4 Å². The number of hydrogen-bond donors (Lipinski definition) is 1. The molecule has 0 saturated heterocycles. The Morgan fingerprint density at radius 2 is 1.95 bits per heavy atom. The van der Waals surface area contributed by atoms with Gasteiger partial charge in [-0.2, -0.15) is 0 Å². The summed E-state index contributed by atoms with van der Waals surface area (Å²) in [5.74, 6) is 0.825. The van der Waals surface area contributed by atoms with Crippen LogP contribution in [0.1, 0.15) is 5.56 Å². The van der Waals surface area contributed by atoms with Gasteiger partial charge in [0.2, 0.25) is 0 Å². The Labute approximate surface area is 131 Å². The van der Waals surface area contributed by atoms with Crippen molar-refractivity contribution >= 4 is 22.6 Å². The minimum Gasteiger partial charge on any atom is -0.345 e. The third-order valence-corrected chi connectivity index (χ3v) is 3.81. The molecular weight excluding hydrogens is 298 g/mol. The van der Waals surface area contributed by atoms with E-state index in [4.69, 9.17) is 11.6 Å². The summed E-state index contributed by atoms with van der Waals surface area (Å²) in [7, 11) is 0. The van der Waals surface area contributed by atoms with E-state index in [2.05, 4.69) is 20.2 Å². The summed E-state index contributed by atoms with van der Waals surface area (Å²) in [5, 5.41) is 9.02. The number of H-pyrrole nitrogens is 1. The third-order valence-electron chi connectivity index (χ3n) is 3.56. The van der Waals surface area contributed by atoms with Crippen LogP contribution in [0.15, 0.2) is 55.1 Å². The first-order chi connectivity index (χ1) is 10.8. The highest BCUT2D eigenvalue weighted by atomic mass is 35.5. The Balaban J connectivity index is 1.71. The zero-order valence-electron chi connectivity index (χ0n) is 11.6. The van der Waals surface area contributed by atoms with Gasteiger partial charge in [0.25, 0.3) is 0 Å². The minimum absolute atomic E-state index is 0.695. The molecule has 4 rings (SSSR count). The van der Waals surface area contributed by atoms with Gasteiger partial charge in [-0.3, -0.25) is 0 Å². The predicted octanol–water partition coefficient (Wildman–Crippen LogP) is 3.52. The molecule has 0 fully saturated rings. The lowest BCUT2D eigenvalue weighted by Crippen LogP contribution is -2.01. The first kappa shape index (κ1) is 13.0. The number of halogens is 1. The lowest BCUT2D eigenvalue weighted by atomic mass is 10.1. The summed E-state index contributed by atoms with van der Waals surface area (Å²) < 4.78 is 2.01. The van der Waals surface area contributed by atoms with Gasteiger partial charge in [0.15, 0.2) is 5.82 Å². The van der Waals surface area contributed by atoms with Crippen LogP contribution in [0.4, 0.5) is 0 Å². The molecular formula is C16H12ClN5. The van der Waals surface area contributed by atoms with Crippen LogP contribution in [0.3, 0.4) is 0 Å². The van der Waals surface area contributed by atoms with E-state index in [0.717, 1.165) is 33.0 Å². The molecule has 2 aromatic heterocycles. The van der Waals surface area contributed by atoms with Gasteiger partial charge in [0, 0.05) is 10.6 Å². The highest BCUT2D eigenvalue weighted by molar-refractivity contribution is 6.30. The van der Waals surface area contributed by atoms with Crippen molar-refractivity contribution in [1.82, 2.24) is 24.7 Å². The van der Waals surface area contributed by atoms with Crippen LogP contribution in [-0.4, -0.2) is 24.7 Å². The fourth-order valence-corrected chi connectivity index (χ4v) is 2.58. The van der Waals surface area contributed by atoms with Crippen LogP contribution in [0, 0.1) is 0 Å². The van der Waals surface area contributed by atoms with E-state index in [1.807, 2.05) is 47.0 Å². The highest BCUT2D eigenvalue weighted by Crippen LogP contribution is 2.22. The molecule has 0 amide bonds. The molecule has 0 unspecified atom stereocenters.